The molecule has 4 heteroatoms. The number of halogens is 1. The molecule has 0 saturated heterocycles. The largest absolute Gasteiger partial charge is 0.459 e. The average molecular weight is 284 g/mol. The fourth-order valence-electron chi connectivity index (χ4n) is 1.72. The van der Waals surface area contributed by atoms with Crippen molar-refractivity contribution in [1.29, 1.82) is 0 Å². The van der Waals surface area contributed by atoms with Gasteiger partial charge in [0.15, 0.2) is 0 Å². The maximum absolute atomic E-state index is 11.9. The standard InChI is InChI=1S/C15H22ClNO2/c1-11(2)17(10-14(18)19-15(3,4)5)13-8-6-12(16)7-9-13/h6-9,11H,10H2,1-5H3. The molecule has 0 unspecified atom stereocenters. The predicted octanol–water partition coefficient (Wildman–Crippen LogP) is 3.90. The lowest BCUT2D eigenvalue weighted by molar-refractivity contribution is -0.153. The van der Waals surface area contributed by atoms with Crippen LogP contribution in [0.25, 0.3) is 0 Å². The first-order chi connectivity index (χ1) is 8.69. The summed E-state index contributed by atoms with van der Waals surface area (Å²) in [7, 11) is 0. The summed E-state index contributed by atoms with van der Waals surface area (Å²) >= 11 is 5.88. The lowest BCUT2D eigenvalue weighted by Crippen LogP contribution is -2.38. The van der Waals surface area contributed by atoms with E-state index in [1.165, 1.54) is 0 Å². The summed E-state index contributed by atoms with van der Waals surface area (Å²) in [6.45, 7) is 9.92. The molecule has 1 aromatic rings. The molecule has 0 radical (unpaired) electrons. The van der Waals surface area contributed by atoms with Crippen LogP contribution in [0.3, 0.4) is 0 Å². The Balaban J connectivity index is 2.79. The Morgan fingerprint density at radius 2 is 1.79 bits per heavy atom. The molecule has 19 heavy (non-hydrogen) atoms. The van der Waals surface area contributed by atoms with Gasteiger partial charge >= 0.3 is 5.97 Å². The first-order valence-corrected chi connectivity index (χ1v) is 6.81. The van der Waals surface area contributed by atoms with Gasteiger partial charge in [-0.2, -0.15) is 0 Å². The number of anilines is 1. The van der Waals surface area contributed by atoms with Crippen LogP contribution >= 0.6 is 11.6 Å². The van der Waals surface area contributed by atoms with E-state index in [2.05, 4.69) is 0 Å². The van der Waals surface area contributed by atoms with Crippen LogP contribution in [0.1, 0.15) is 34.6 Å². The number of esters is 1. The number of ether oxygens (including phenoxy) is 1. The van der Waals surface area contributed by atoms with Gasteiger partial charge in [0.1, 0.15) is 12.1 Å². The molecule has 0 aliphatic rings. The predicted molar refractivity (Wildman–Crippen MR) is 79.8 cm³/mol. The summed E-state index contributed by atoms with van der Waals surface area (Å²) < 4.78 is 5.36. The van der Waals surface area contributed by atoms with Crippen LogP contribution in [0.5, 0.6) is 0 Å². The third-order valence-electron chi connectivity index (χ3n) is 2.50. The zero-order chi connectivity index (χ0) is 14.6. The topological polar surface area (TPSA) is 29.5 Å². The molecule has 1 rings (SSSR count). The number of carbonyl (C=O) groups is 1. The van der Waals surface area contributed by atoms with Gasteiger partial charge in [-0.3, -0.25) is 4.79 Å². The minimum atomic E-state index is -0.459. The molecule has 0 atom stereocenters. The monoisotopic (exact) mass is 283 g/mol. The van der Waals surface area contributed by atoms with Gasteiger partial charge in [-0.15, -0.1) is 0 Å². The van der Waals surface area contributed by atoms with Crippen molar-refractivity contribution in [3.8, 4) is 0 Å². The summed E-state index contributed by atoms with van der Waals surface area (Å²) in [5.74, 6) is -0.226. The molecule has 0 amide bonds. The molecule has 0 bridgehead atoms. The van der Waals surface area contributed by atoms with Crippen LogP contribution in [-0.2, 0) is 9.53 Å². The second kappa shape index (κ2) is 6.29. The number of hydrogen-bond donors (Lipinski definition) is 0. The molecular weight excluding hydrogens is 262 g/mol. The molecule has 0 aromatic heterocycles. The minimum absolute atomic E-state index is 0.202. The molecule has 0 heterocycles. The second-order valence-electron chi connectivity index (χ2n) is 5.78. The van der Waals surface area contributed by atoms with Gasteiger partial charge in [0, 0.05) is 16.8 Å². The van der Waals surface area contributed by atoms with Crippen LogP contribution in [0.15, 0.2) is 24.3 Å². The molecule has 0 saturated carbocycles. The van der Waals surface area contributed by atoms with E-state index in [0.717, 1.165) is 5.69 Å². The van der Waals surface area contributed by atoms with Crippen molar-refractivity contribution in [3.05, 3.63) is 29.3 Å². The Labute approximate surface area is 120 Å². The van der Waals surface area contributed by atoms with Crippen molar-refractivity contribution in [3.63, 3.8) is 0 Å². The van der Waals surface area contributed by atoms with Gasteiger partial charge in [0.2, 0.25) is 0 Å². The number of rotatable bonds is 4. The zero-order valence-electron chi connectivity index (χ0n) is 12.2. The highest BCUT2D eigenvalue weighted by molar-refractivity contribution is 6.30. The Morgan fingerprint density at radius 1 is 1.26 bits per heavy atom. The minimum Gasteiger partial charge on any atom is -0.459 e. The van der Waals surface area contributed by atoms with E-state index in [1.807, 2.05) is 63.8 Å². The molecule has 0 aliphatic carbocycles. The summed E-state index contributed by atoms with van der Waals surface area (Å²) in [5, 5.41) is 0.685. The van der Waals surface area contributed by atoms with E-state index in [4.69, 9.17) is 16.3 Å². The Kier molecular flexibility index (Phi) is 5.24. The fraction of sp³-hybridized carbons (Fsp3) is 0.533. The number of benzene rings is 1. The smallest absolute Gasteiger partial charge is 0.326 e. The summed E-state index contributed by atoms with van der Waals surface area (Å²) in [5.41, 5.74) is 0.505. The van der Waals surface area contributed by atoms with Crippen molar-refractivity contribution in [2.45, 2.75) is 46.3 Å². The molecule has 0 N–H and O–H groups in total. The van der Waals surface area contributed by atoms with E-state index in [-0.39, 0.29) is 18.6 Å². The second-order valence-corrected chi connectivity index (χ2v) is 6.22. The Morgan fingerprint density at radius 3 is 2.21 bits per heavy atom. The Hall–Kier alpha value is -1.22. The molecule has 1 aromatic carbocycles. The third kappa shape index (κ3) is 5.52. The molecule has 3 nitrogen and oxygen atoms in total. The lowest BCUT2D eigenvalue weighted by Gasteiger charge is -2.29. The molecule has 106 valence electrons. The highest BCUT2D eigenvalue weighted by Gasteiger charge is 2.20. The summed E-state index contributed by atoms with van der Waals surface area (Å²) in [4.78, 5) is 13.9. The average Bonchev–Trinajstić information content (AvgIpc) is 2.24. The summed E-state index contributed by atoms with van der Waals surface area (Å²) in [6.07, 6.45) is 0. The normalized spacial score (nSPS) is 11.5. The van der Waals surface area contributed by atoms with E-state index >= 15 is 0 Å². The molecule has 0 spiro atoms. The Bertz CT molecular complexity index is 421. The fourth-order valence-corrected chi connectivity index (χ4v) is 1.84. The quantitative estimate of drug-likeness (QED) is 0.785. The van der Waals surface area contributed by atoms with Crippen molar-refractivity contribution >= 4 is 23.3 Å². The van der Waals surface area contributed by atoms with Crippen molar-refractivity contribution < 1.29 is 9.53 Å². The summed E-state index contributed by atoms with van der Waals surface area (Å²) in [6, 6.07) is 7.66. The van der Waals surface area contributed by atoms with Gasteiger partial charge in [-0.05, 0) is 58.9 Å². The van der Waals surface area contributed by atoms with Crippen molar-refractivity contribution in [2.24, 2.45) is 0 Å². The maximum atomic E-state index is 11.9. The van der Waals surface area contributed by atoms with E-state index < -0.39 is 5.60 Å². The van der Waals surface area contributed by atoms with E-state index in [9.17, 15) is 4.79 Å². The van der Waals surface area contributed by atoms with Gasteiger partial charge in [0.25, 0.3) is 0 Å². The first-order valence-electron chi connectivity index (χ1n) is 6.43. The molecule has 0 fully saturated rings. The van der Waals surface area contributed by atoms with Gasteiger partial charge in [-0.1, -0.05) is 11.6 Å². The van der Waals surface area contributed by atoms with Crippen LogP contribution in [0.2, 0.25) is 5.02 Å². The zero-order valence-corrected chi connectivity index (χ0v) is 13.0. The highest BCUT2D eigenvalue weighted by Crippen LogP contribution is 2.20. The number of carbonyl (C=O) groups excluding carboxylic acids is 1. The molecular formula is C15H22ClNO2. The SMILES string of the molecule is CC(C)N(CC(=O)OC(C)(C)C)c1ccc(Cl)cc1. The number of nitrogens with zero attached hydrogens (tertiary/aromatic N) is 1. The lowest BCUT2D eigenvalue weighted by atomic mass is 10.2. The van der Waals surface area contributed by atoms with Crippen LogP contribution < -0.4 is 4.90 Å². The van der Waals surface area contributed by atoms with Gasteiger partial charge in [0.05, 0.1) is 0 Å². The van der Waals surface area contributed by atoms with E-state index in [0.29, 0.717) is 5.02 Å². The van der Waals surface area contributed by atoms with Crippen LogP contribution in [-0.4, -0.2) is 24.2 Å². The maximum Gasteiger partial charge on any atom is 0.326 e. The van der Waals surface area contributed by atoms with Crippen molar-refractivity contribution in [2.75, 3.05) is 11.4 Å². The van der Waals surface area contributed by atoms with Crippen LogP contribution in [0, 0.1) is 0 Å². The van der Waals surface area contributed by atoms with Gasteiger partial charge in [-0.25, -0.2) is 0 Å². The van der Waals surface area contributed by atoms with Crippen LogP contribution in [0.4, 0.5) is 5.69 Å². The first kappa shape index (κ1) is 15.8. The third-order valence-corrected chi connectivity index (χ3v) is 2.75. The van der Waals surface area contributed by atoms with Gasteiger partial charge < -0.3 is 9.64 Å². The molecule has 0 aliphatic heterocycles. The number of hydrogen-bond acceptors (Lipinski definition) is 3. The van der Waals surface area contributed by atoms with Crippen molar-refractivity contribution in [1.82, 2.24) is 0 Å². The van der Waals surface area contributed by atoms with E-state index in [1.54, 1.807) is 0 Å². The highest BCUT2D eigenvalue weighted by atomic mass is 35.5.